The summed E-state index contributed by atoms with van der Waals surface area (Å²) < 4.78 is 9.80. The number of aliphatic hydroxyl groups excluding tert-OH is 2. The number of thioether (sulfide) groups is 1. The van der Waals surface area contributed by atoms with E-state index in [-0.39, 0.29) is 29.7 Å². The number of aliphatic hydroxyl groups is 2. The van der Waals surface area contributed by atoms with Gasteiger partial charge in [0.15, 0.2) is 0 Å². The zero-order chi connectivity index (χ0) is 28.9. The highest BCUT2D eigenvalue weighted by molar-refractivity contribution is 8.02. The molecule has 3 aromatic rings. The molecule has 0 bridgehead atoms. The van der Waals surface area contributed by atoms with Crippen LogP contribution in [0.3, 0.4) is 0 Å². The number of fused-ring (bicyclic) bond motifs is 5. The van der Waals surface area contributed by atoms with Gasteiger partial charge in [-0.1, -0.05) is 11.3 Å². The summed E-state index contributed by atoms with van der Waals surface area (Å²) >= 11 is 1.84. The van der Waals surface area contributed by atoms with Gasteiger partial charge in [-0.25, -0.2) is 4.68 Å². The Bertz CT molecular complexity index is 1490. The first-order valence-electron chi connectivity index (χ1n) is 14.5. The average molecular weight is 578 g/mol. The molecule has 218 valence electrons. The van der Waals surface area contributed by atoms with Crippen LogP contribution in [0.25, 0.3) is 16.9 Å². The fraction of sp³-hybridized carbons (Fsp3) is 0.516. The second-order valence-corrected chi connectivity index (χ2v) is 13.3. The zero-order valence-corrected chi connectivity index (χ0v) is 25.1. The summed E-state index contributed by atoms with van der Waals surface area (Å²) in [5, 5.41) is 30.2. The minimum Gasteiger partial charge on any atom is -0.494 e. The largest absolute Gasteiger partial charge is 0.494 e. The van der Waals surface area contributed by atoms with E-state index in [0.717, 1.165) is 67.8 Å². The molecule has 2 N–H and O–H groups in total. The first kappa shape index (κ1) is 28.1. The average Bonchev–Trinajstić information content (AvgIpc) is 3.69. The number of ether oxygens (including phenoxy) is 1. The van der Waals surface area contributed by atoms with E-state index in [1.165, 1.54) is 16.7 Å². The van der Waals surface area contributed by atoms with Crippen molar-refractivity contribution in [1.29, 1.82) is 0 Å². The van der Waals surface area contributed by atoms with Crippen molar-refractivity contribution in [3.63, 3.8) is 0 Å². The monoisotopic (exact) mass is 577 g/mol. The third-order valence-electron chi connectivity index (χ3n) is 8.44. The zero-order valence-electron chi connectivity index (χ0n) is 24.3. The molecule has 2 aromatic heterocycles. The minimum absolute atomic E-state index is 0.135. The normalized spacial score (nSPS) is 19.4. The van der Waals surface area contributed by atoms with Gasteiger partial charge in [-0.05, 0) is 87.1 Å². The number of nitrogens with zero attached hydrogens (tertiary/aromatic N) is 5. The number of hydrogen-bond donors (Lipinski definition) is 2. The Labute approximate surface area is 245 Å². The lowest BCUT2D eigenvalue weighted by atomic mass is 9.91. The van der Waals surface area contributed by atoms with Gasteiger partial charge >= 0.3 is 0 Å². The summed E-state index contributed by atoms with van der Waals surface area (Å²) in [6.07, 6.45) is 8.02. The van der Waals surface area contributed by atoms with Crippen LogP contribution in [0.4, 0.5) is 0 Å². The Hall–Kier alpha value is -3.08. The lowest BCUT2D eigenvalue weighted by Gasteiger charge is -2.37. The number of benzene rings is 1. The van der Waals surface area contributed by atoms with Gasteiger partial charge in [0.25, 0.3) is 5.91 Å². The van der Waals surface area contributed by atoms with Crippen LogP contribution in [-0.2, 0) is 25.8 Å². The highest BCUT2D eigenvalue weighted by Crippen LogP contribution is 2.50. The lowest BCUT2D eigenvalue weighted by Crippen LogP contribution is -2.47. The van der Waals surface area contributed by atoms with E-state index in [9.17, 15) is 15.0 Å². The van der Waals surface area contributed by atoms with E-state index in [0.29, 0.717) is 11.4 Å². The molecule has 3 aliphatic rings. The smallest absolute Gasteiger partial charge is 0.271 e. The number of aryl methyl sites for hydroxylation is 1. The van der Waals surface area contributed by atoms with Crippen molar-refractivity contribution in [2.24, 2.45) is 0 Å². The van der Waals surface area contributed by atoms with Crippen LogP contribution in [0.1, 0.15) is 78.2 Å². The van der Waals surface area contributed by atoms with Gasteiger partial charge in [-0.15, -0.1) is 16.9 Å². The summed E-state index contributed by atoms with van der Waals surface area (Å²) in [6.45, 7) is 7.57. The molecule has 3 aliphatic heterocycles. The van der Waals surface area contributed by atoms with Gasteiger partial charge in [0.1, 0.15) is 17.1 Å². The molecule has 1 unspecified atom stereocenters. The fourth-order valence-electron chi connectivity index (χ4n) is 6.49. The van der Waals surface area contributed by atoms with Gasteiger partial charge < -0.3 is 24.4 Å². The van der Waals surface area contributed by atoms with Crippen molar-refractivity contribution in [3.8, 4) is 22.7 Å². The van der Waals surface area contributed by atoms with Crippen molar-refractivity contribution < 1.29 is 19.7 Å². The Balaban J connectivity index is 1.55. The number of aromatic nitrogens is 4. The lowest BCUT2D eigenvalue weighted by molar-refractivity contribution is 0.0558. The van der Waals surface area contributed by atoms with Crippen molar-refractivity contribution in [2.75, 3.05) is 20.3 Å². The standard InChI is InChI=1S/C31H39N5O4S/c1-31(2,3)35-11-6-5-8-22-27(26-9-7-13-41-26)28-23-16-24(36-17-20(32-33-36)15-21(38)18-37)25(40-4)14-19(23)10-12-34(28)29(22)30(35)39/h7,13-14,16-17,21,26,37-38H,5-6,8-12,15,18H2,1-4H3/t21-,26?/m1/s1. The van der Waals surface area contributed by atoms with Crippen LogP contribution in [0.15, 0.2) is 29.8 Å². The second kappa shape index (κ2) is 11.0. The van der Waals surface area contributed by atoms with E-state index >= 15 is 0 Å². The van der Waals surface area contributed by atoms with E-state index in [2.05, 4.69) is 64.2 Å². The molecule has 41 heavy (non-hydrogen) atoms. The SMILES string of the molecule is COc1cc2c(cc1-n1cc(C[C@@H](O)CO)nn1)-c1c(C3CC=CS3)c3c(n1CC2)C(=O)N(C(C)(C)C)CCCC3. The Morgan fingerprint density at radius 1 is 1.17 bits per heavy atom. The van der Waals surface area contributed by atoms with Gasteiger partial charge in [0, 0.05) is 35.9 Å². The first-order chi connectivity index (χ1) is 19.7. The molecular formula is C31H39N5O4S. The predicted molar refractivity (Wildman–Crippen MR) is 160 cm³/mol. The van der Waals surface area contributed by atoms with Crippen LogP contribution < -0.4 is 4.74 Å². The van der Waals surface area contributed by atoms with Crippen LogP contribution >= 0.6 is 11.8 Å². The molecule has 5 heterocycles. The van der Waals surface area contributed by atoms with E-state index in [1.54, 1.807) is 18.0 Å². The number of methoxy groups -OCH3 is 1. The molecule has 6 rings (SSSR count). The summed E-state index contributed by atoms with van der Waals surface area (Å²) in [6, 6.07) is 4.21. The Morgan fingerprint density at radius 3 is 2.71 bits per heavy atom. The van der Waals surface area contributed by atoms with E-state index in [4.69, 9.17) is 4.74 Å². The van der Waals surface area contributed by atoms with Crippen LogP contribution in [-0.4, -0.2) is 72.5 Å². The van der Waals surface area contributed by atoms with Gasteiger partial charge in [0.2, 0.25) is 0 Å². The predicted octanol–water partition coefficient (Wildman–Crippen LogP) is 4.46. The topological polar surface area (TPSA) is 106 Å². The summed E-state index contributed by atoms with van der Waals surface area (Å²) in [5.74, 6) is 0.825. The Kier molecular flexibility index (Phi) is 7.50. The molecular weight excluding hydrogens is 538 g/mol. The molecule has 0 radical (unpaired) electrons. The highest BCUT2D eigenvalue weighted by atomic mass is 32.2. The molecule has 0 aliphatic carbocycles. The molecule has 0 fully saturated rings. The fourth-order valence-corrected chi connectivity index (χ4v) is 7.51. The number of carbonyl (C=O) groups excluding carboxylic acids is 1. The molecule has 0 saturated carbocycles. The molecule has 2 atom stereocenters. The van der Waals surface area contributed by atoms with Gasteiger partial charge in [-0.2, -0.15) is 0 Å². The number of allylic oxidation sites excluding steroid dienone is 1. The molecule has 9 nitrogen and oxygen atoms in total. The molecule has 10 heteroatoms. The molecule has 0 saturated heterocycles. The highest BCUT2D eigenvalue weighted by Gasteiger charge is 2.39. The molecule has 1 amide bonds. The molecule has 0 spiro atoms. The summed E-state index contributed by atoms with van der Waals surface area (Å²) in [4.78, 5) is 16.4. The third-order valence-corrected chi connectivity index (χ3v) is 9.55. The quantitative estimate of drug-likeness (QED) is 0.446. The van der Waals surface area contributed by atoms with Crippen LogP contribution in [0, 0.1) is 0 Å². The van der Waals surface area contributed by atoms with Crippen molar-refractivity contribution >= 4 is 17.7 Å². The first-order valence-corrected chi connectivity index (χ1v) is 15.4. The van der Waals surface area contributed by atoms with Crippen molar-refractivity contribution in [1.82, 2.24) is 24.5 Å². The van der Waals surface area contributed by atoms with Crippen LogP contribution in [0.2, 0.25) is 0 Å². The second-order valence-electron chi connectivity index (χ2n) is 12.2. The number of hydrogen-bond acceptors (Lipinski definition) is 7. The van der Waals surface area contributed by atoms with Crippen molar-refractivity contribution in [2.45, 2.75) is 82.7 Å². The maximum atomic E-state index is 14.4. The Morgan fingerprint density at radius 2 is 2.00 bits per heavy atom. The molecule has 1 aromatic carbocycles. The third kappa shape index (κ3) is 5.00. The van der Waals surface area contributed by atoms with E-state index < -0.39 is 6.10 Å². The van der Waals surface area contributed by atoms with Crippen molar-refractivity contribution in [3.05, 3.63) is 57.9 Å². The maximum Gasteiger partial charge on any atom is 0.271 e. The van der Waals surface area contributed by atoms with Gasteiger partial charge in [0.05, 0.1) is 37.4 Å². The number of rotatable bonds is 6. The van der Waals surface area contributed by atoms with Gasteiger partial charge in [-0.3, -0.25) is 4.79 Å². The summed E-state index contributed by atoms with van der Waals surface area (Å²) in [5.41, 5.74) is 7.87. The number of carbonyl (C=O) groups is 1. The van der Waals surface area contributed by atoms with Crippen LogP contribution in [0.5, 0.6) is 5.75 Å². The van der Waals surface area contributed by atoms with E-state index in [1.807, 2.05) is 11.8 Å². The minimum atomic E-state index is -0.890. The maximum absolute atomic E-state index is 14.4. The number of amides is 1. The summed E-state index contributed by atoms with van der Waals surface area (Å²) in [7, 11) is 1.65.